The Labute approximate surface area is 309 Å². The van der Waals surface area contributed by atoms with Gasteiger partial charge in [0.1, 0.15) is 23.7 Å². The minimum absolute atomic E-state index is 0.160. The van der Waals surface area contributed by atoms with Crippen molar-refractivity contribution < 1.29 is 28.8 Å². The quantitative estimate of drug-likeness (QED) is 0.0932. The Morgan fingerprint density at radius 1 is 0.827 bits per heavy atom. The monoisotopic (exact) mass is 728 g/mol. The van der Waals surface area contributed by atoms with E-state index < -0.39 is 70.4 Å². The highest BCUT2D eigenvalue weighted by atomic mass is 16.2. The van der Waals surface area contributed by atoms with Crippen LogP contribution in [0.2, 0.25) is 0 Å². The van der Waals surface area contributed by atoms with E-state index in [0.29, 0.717) is 19.4 Å². The molecule has 3 saturated carbocycles. The summed E-state index contributed by atoms with van der Waals surface area (Å²) < 4.78 is 0. The summed E-state index contributed by atoms with van der Waals surface area (Å²) in [4.78, 5) is 87.6. The maximum absolute atomic E-state index is 14.9. The summed E-state index contributed by atoms with van der Waals surface area (Å²) in [7, 11) is 0. The molecule has 0 aromatic rings. The van der Waals surface area contributed by atoms with Gasteiger partial charge in [-0.25, -0.2) is 4.99 Å². The first-order valence-corrected chi connectivity index (χ1v) is 19.3. The van der Waals surface area contributed by atoms with Crippen LogP contribution in [0.1, 0.15) is 132 Å². The van der Waals surface area contributed by atoms with Gasteiger partial charge in [-0.1, -0.05) is 79.6 Å². The Balaban J connectivity index is 1.65. The predicted octanol–water partition coefficient (Wildman–Crippen LogP) is 2.16. The molecule has 5 atom stereocenters. The van der Waals surface area contributed by atoms with Gasteiger partial charge in [0.05, 0.1) is 6.04 Å². The molecule has 4 rings (SSSR count). The maximum atomic E-state index is 14.9. The largest absolute Gasteiger partial charge is 0.370 e. The molecule has 4 fully saturated rings. The number of hydrogen-bond donors (Lipinski definition) is 6. The summed E-state index contributed by atoms with van der Waals surface area (Å²) in [5.41, 5.74) is 13.9. The van der Waals surface area contributed by atoms with E-state index in [0.717, 1.165) is 70.6 Å². The molecule has 4 aliphatic rings. The van der Waals surface area contributed by atoms with Gasteiger partial charge in [0, 0.05) is 6.54 Å². The number of nitrogens with zero attached hydrogens (tertiary/aromatic N) is 2. The molecular weight excluding hydrogens is 664 g/mol. The van der Waals surface area contributed by atoms with E-state index in [2.05, 4.69) is 34.8 Å². The molecule has 1 spiro atoms. The van der Waals surface area contributed by atoms with Crippen molar-refractivity contribution >= 4 is 41.3 Å². The fraction of sp³-hybridized carbons (Fsp3) is 0.816. The number of nitrogens with two attached hydrogens (primary N) is 3. The van der Waals surface area contributed by atoms with Crippen molar-refractivity contribution in [2.45, 2.75) is 162 Å². The van der Waals surface area contributed by atoms with Gasteiger partial charge in [0.2, 0.25) is 29.4 Å². The standard InChI is InChI=1S/C38H64N8O6/c1-35(2,3)28(44-31(50)26(23-15-9-8-10-16-23)43-33(52)37(6,7)45-34(40)41)32(51)46-21-38(18-12-17-36(38,4)5)20-25(46)30(49)42-24(27(47)29(39)48)19-22-13-11-14-22/h22-26,28H,8-21H2,1-7H3,(H2,39,48)(H,42,49)(H,43,52)(H,44,50)(H4,40,41,45)/t24?,25-,26?,28+,38?/m0/s1. The number of ketones is 1. The van der Waals surface area contributed by atoms with Gasteiger partial charge in [0.15, 0.2) is 5.96 Å². The number of hydrogen-bond acceptors (Lipinski definition) is 7. The first-order valence-electron chi connectivity index (χ1n) is 19.3. The number of nitrogens with one attached hydrogen (secondary N) is 3. The zero-order valence-electron chi connectivity index (χ0n) is 32.4. The van der Waals surface area contributed by atoms with Gasteiger partial charge in [-0.3, -0.25) is 28.8 Å². The summed E-state index contributed by atoms with van der Waals surface area (Å²) >= 11 is 0. The van der Waals surface area contributed by atoms with Crippen molar-refractivity contribution in [2.75, 3.05) is 6.54 Å². The molecule has 3 unspecified atom stereocenters. The SMILES string of the molecule is CC(C)(N=C(N)N)C(=O)NC(C(=O)N[C@H](C(=O)N1CC2(CCCC2(C)C)C[C@H]1C(=O)NC(CC1CCC1)C(=O)C(N)=O)C(C)(C)C)C1CCCCC1. The highest BCUT2D eigenvalue weighted by Gasteiger charge is 2.59. The van der Waals surface area contributed by atoms with Gasteiger partial charge < -0.3 is 38.1 Å². The average molecular weight is 729 g/mol. The topological polar surface area (TPSA) is 232 Å². The molecule has 0 radical (unpaired) electrons. The molecular formula is C38H64N8O6. The molecule has 52 heavy (non-hydrogen) atoms. The molecule has 3 aliphatic carbocycles. The number of likely N-dealkylation sites (tertiary alicyclic amines) is 1. The van der Waals surface area contributed by atoms with Crippen LogP contribution < -0.4 is 33.2 Å². The highest BCUT2D eigenvalue weighted by Crippen LogP contribution is 2.59. The molecule has 0 aromatic carbocycles. The molecule has 9 N–H and O–H groups in total. The number of amides is 5. The number of guanidine groups is 1. The van der Waals surface area contributed by atoms with Crippen LogP contribution in [0, 0.1) is 28.1 Å². The molecule has 1 heterocycles. The summed E-state index contributed by atoms with van der Waals surface area (Å²) in [5.74, 6) is -4.07. The van der Waals surface area contributed by atoms with Crippen LogP contribution in [0.15, 0.2) is 4.99 Å². The van der Waals surface area contributed by atoms with Crippen molar-refractivity contribution in [3.63, 3.8) is 0 Å². The average Bonchev–Trinajstić information content (AvgIpc) is 3.56. The van der Waals surface area contributed by atoms with Crippen LogP contribution in [0.25, 0.3) is 0 Å². The number of carbonyl (C=O) groups excluding carboxylic acids is 6. The van der Waals surface area contributed by atoms with E-state index in [1.165, 1.54) is 0 Å². The number of carbonyl (C=O) groups is 6. The van der Waals surface area contributed by atoms with Crippen molar-refractivity contribution in [1.82, 2.24) is 20.9 Å². The Morgan fingerprint density at radius 2 is 1.46 bits per heavy atom. The fourth-order valence-corrected chi connectivity index (χ4v) is 8.93. The lowest BCUT2D eigenvalue weighted by Gasteiger charge is -2.40. The van der Waals surface area contributed by atoms with Crippen molar-refractivity contribution in [2.24, 2.45) is 50.3 Å². The summed E-state index contributed by atoms with van der Waals surface area (Å²) in [5, 5.41) is 8.78. The highest BCUT2D eigenvalue weighted by molar-refractivity contribution is 6.37. The van der Waals surface area contributed by atoms with Crippen LogP contribution in [0.3, 0.4) is 0 Å². The van der Waals surface area contributed by atoms with Crippen LogP contribution in [-0.4, -0.2) is 82.4 Å². The maximum Gasteiger partial charge on any atom is 0.287 e. The van der Waals surface area contributed by atoms with E-state index in [1.54, 1.807) is 18.7 Å². The lowest BCUT2D eigenvalue weighted by Crippen LogP contribution is -2.62. The molecule has 292 valence electrons. The van der Waals surface area contributed by atoms with Crippen LogP contribution >= 0.6 is 0 Å². The summed E-state index contributed by atoms with van der Waals surface area (Å²) in [6, 6.07) is -3.99. The molecule has 1 aliphatic heterocycles. The van der Waals surface area contributed by atoms with Gasteiger partial charge in [-0.05, 0) is 80.5 Å². The molecule has 5 amide bonds. The first kappa shape index (κ1) is 41.1. The van der Waals surface area contributed by atoms with E-state index in [-0.39, 0.29) is 28.6 Å². The molecule has 14 heteroatoms. The zero-order valence-corrected chi connectivity index (χ0v) is 32.4. The van der Waals surface area contributed by atoms with Gasteiger partial charge in [-0.15, -0.1) is 0 Å². The van der Waals surface area contributed by atoms with E-state index >= 15 is 0 Å². The minimum Gasteiger partial charge on any atom is -0.370 e. The van der Waals surface area contributed by atoms with Crippen LogP contribution in [0.5, 0.6) is 0 Å². The first-order chi connectivity index (χ1) is 24.1. The summed E-state index contributed by atoms with van der Waals surface area (Å²) in [6.07, 6.45) is 10.6. The second kappa shape index (κ2) is 15.7. The van der Waals surface area contributed by atoms with E-state index in [4.69, 9.17) is 17.2 Å². The second-order valence-corrected chi connectivity index (χ2v) is 18.3. The van der Waals surface area contributed by atoms with E-state index in [1.807, 2.05) is 20.8 Å². The molecule has 0 aromatic heterocycles. The van der Waals surface area contributed by atoms with E-state index in [9.17, 15) is 28.8 Å². The Bertz CT molecular complexity index is 1420. The fourth-order valence-electron chi connectivity index (χ4n) is 8.93. The Morgan fingerprint density at radius 3 is 1.96 bits per heavy atom. The summed E-state index contributed by atoms with van der Waals surface area (Å²) in [6.45, 7) is 13.3. The third-order valence-electron chi connectivity index (χ3n) is 12.6. The number of aliphatic imine (C=N–C) groups is 1. The van der Waals surface area contributed by atoms with Crippen LogP contribution in [-0.2, 0) is 28.8 Å². The zero-order chi connectivity index (χ0) is 38.8. The van der Waals surface area contributed by atoms with Gasteiger partial charge >= 0.3 is 0 Å². The predicted molar refractivity (Wildman–Crippen MR) is 198 cm³/mol. The van der Waals surface area contributed by atoms with Crippen molar-refractivity contribution in [3.05, 3.63) is 0 Å². The number of primary amides is 1. The smallest absolute Gasteiger partial charge is 0.287 e. The lowest BCUT2D eigenvalue weighted by atomic mass is 9.66. The van der Waals surface area contributed by atoms with Crippen molar-refractivity contribution in [1.29, 1.82) is 0 Å². The number of rotatable bonds is 13. The van der Waals surface area contributed by atoms with Gasteiger partial charge in [0.25, 0.3) is 5.91 Å². The van der Waals surface area contributed by atoms with Crippen molar-refractivity contribution in [3.8, 4) is 0 Å². The second-order valence-electron chi connectivity index (χ2n) is 18.3. The number of Topliss-reactive ketones (excluding diaryl/α,β-unsaturated/α-hetero) is 1. The lowest BCUT2D eigenvalue weighted by molar-refractivity contribution is -0.145. The van der Waals surface area contributed by atoms with Crippen LogP contribution in [0.4, 0.5) is 0 Å². The molecule has 1 saturated heterocycles. The Kier molecular flexibility index (Phi) is 12.4. The third-order valence-corrected chi connectivity index (χ3v) is 12.6. The Hall–Kier alpha value is -3.71. The third kappa shape index (κ3) is 9.07. The molecule has 14 nitrogen and oxygen atoms in total. The van der Waals surface area contributed by atoms with Gasteiger partial charge in [-0.2, -0.15) is 0 Å². The minimum atomic E-state index is -1.34. The normalized spacial score (nSPS) is 25.4. The molecule has 0 bridgehead atoms.